The summed E-state index contributed by atoms with van der Waals surface area (Å²) in [6.45, 7) is 0.297. The van der Waals surface area contributed by atoms with E-state index in [0.29, 0.717) is 11.9 Å². The highest BCUT2D eigenvalue weighted by Gasteiger charge is 2.12. The fourth-order valence-corrected chi connectivity index (χ4v) is 2.11. The van der Waals surface area contributed by atoms with Gasteiger partial charge in [-0.2, -0.15) is 0 Å². The van der Waals surface area contributed by atoms with E-state index in [9.17, 15) is 0 Å². The van der Waals surface area contributed by atoms with Crippen molar-refractivity contribution in [1.82, 2.24) is 4.98 Å². The number of ether oxygens (including phenoxy) is 2. The lowest BCUT2D eigenvalue weighted by atomic mass is 10.2. The van der Waals surface area contributed by atoms with Crippen molar-refractivity contribution in [3.8, 4) is 11.5 Å². The molecule has 1 aromatic heterocycles. The highest BCUT2D eigenvalue weighted by Crippen LogP contribution is 2.32. The minimum absolute atomic E-state index is 0.297. The Kier molecular flexibility index (Phi) is 2.45. The zero-order valence-electron chi connectivity index (χ0n) is 8.92. The molecule has 0 spiro atoms. The number of fused-ring (bicyclic) bond motifs is 1. The Morgan fingerprint density at radius 2 is 2.12 bits per heavy atom. The average Bonchev–Trinajstić information content (AvgIpc) is 2.94. The summed E-state index contributed by atoms with van der Waals surface area (Å²) in [7, 11) is 0. The Labute approximate surface area is 102 Å². The molecule has 17 heavy (non-hydrogen) atoms. The van der Waals surface area contributed by atoms with Gasteiger partial charge in [-0.25, -0.2) is 4.98 Å². The van der Waals surface area contributed by atoms with E-state index >= 15 is 0 Å². The van der Waals surface area contributed by atoms with Gasteiger partial charge in [-0.05, 0) is 23.8 Å². The topological polar surface area (TPSA) is 57.4 Å². The summed E-state index contributed by atoms with van der Waals surface area (Å²) in [5, 5.41) is 2.49. The second kappa shape index (κ2) is 4.10. The van der Waals surface area contributed by atoms with E-state index in [1.807, 2.05) is 35.7 Å². The van der Waals surface area contributed by atoms with Crippen LogP contribution >= 0.6 is 11.3 Å². The predicted molar refractivity (Wildman–Crippen MR) is 68.0 cm³/mol. The van der Waals surface area contributed by atoms with Crippen molar-refractivity contribution in [1.29, 1.82) is 0 Å². The summed E-state index contributed by atoms with van der Waals surface area (Å²) in [6.07, 6.45) is 3.89. The van der Waals surface area contributed by atoms with E-state index in [0.717, 1.165) is 22.8 Å². The normalized spacial score (nSPS) is 13.4. The van der Waals surface area contributed by atoms with Gasteiger partial charge in [-0.15, -0.1) is 11.3 Å². The van der Waals surface area contributed by atoms with Crippen molar-refractivity contribution < 1.29 is 9.47 Å². The van der Waals surface area contributed by atoms with E-state index in [-0.39, 0.29) is 0 Å². The molecule has 0 amide bonds. The minimum Gasteiger partial charge on any atom is -0.454 e. The summed E-state index contributed by atoms with van der Waals surface area (Å²) < 4.78 is 10.6. The minimum atomic E-state index is 0.297. The standard InChI is InChI=1S/C12H10N2O2S/c13-12-14-9(6-17-12)3-1-8-2-4-10-11(5-8)16-7-15-10/h1-6H,7H2,(H2,13,14)/b3-1+. The molecular weight excluding hydrogens is 236 g/mol. The number of nitrogen functional groups attached to an aromatic ring is 1. The SMILES string of the molecule is Nc1nc(/C=C/c2ccc3c(c2)OCO3)cs1. The van der Waals surface area contributed by atoms with Gasteiger partial charge in [-0.3, -0.25) is 0 Å². The van der Waals surface area contributed by atoms with Crippen molar-refractivity contribution >= 4 is 28.6 Å². The number of nitrogens with zero attached hydrogens (tertiary/aromatic N) is 1. The number of hydrogen-bond acceptors (Lipinski definition) is 5. The number of nitrogens with two attached hydrogens (primary N) is 1. The lowest BCUT2D eigenvalue weighted by Crippen LogP contribution is -1.92. The number of thiazole rings is 1. The van der Waals surface area contributed by atoms with Gasteiger partial charge in [0.15, 0.2) is 16.6 Å². The molecule has 0 saturated carbocycles. The van der Waals surface area contributed by atoms with Gasteiger partial charge in [0, 0.05) is 5.38 Å². The molecular formula is C12H10N2O2S. The zero-order chi connectivity index (χ0) is 11.7. The Morgan fingerprint density at radius 3 is 2.94 bits per heavy atom. The first-order chi connectivity index (χ1) is 8.31. The third-order valence-electron chi connectivity index (χ3n) is 2.38. The number of aromatic nitrogens is 1. The Balaban J connectivity index is 1.83. The maximum atomic E-state index is 5.56. The third kappa shape index (κ3) is 2.09. The second-order valence-corrected chi connectivity index (χ2v) is 4.45. The lowest BCUT2D eigenvalue weighted by molar-refractivity contribution is 0.174. The van der Waals surface area contributed by atoms with Crippen LogP contribution in [-0.2, 0) is 0 Å². The average molecular weight is 246 g/mol. The first kappa shape index (κ1) is 10.2. The van der Waals surface area contributed by atoms with Crippen LogP contribution in [0.3, 0.4) is 0 Å². The summed E-state index contributed by atoms with van der Waals surface area (Å²) in [6, 6.07) is 5.81. The van der Waals surface area contributed by atoms with E-state index in [2.05, 4.69) is 4.98 Å². The lowest BCUT2D eigenvalue weighted by Gasteiger charge is -1.96. The number of anilines is 1. The van der Waals surface area contributed by atoms with Crippen LogP contribution in [-0.4, -0.2) is 11.8 Å². The van der Waals surface area contributed by atoms with Crippen molar-refractivity contribution in [2.75, 3.05) is 12.5 Å². The van der Waals surface area contributed by atoms with Gasteiger partial charge in [0.05, 0.1) is 5.69 Å². The van der Waals surface area contributed by atoms with Crippen LogP contribution in [0.2, 0.25) is 0 Å². The van der Waals surface area contributed by atoms with Crippen LogP contribution in [0, 0.1) is 0 Å². The van der Waals surface area contributed by atoms with Crippen molar-refractivity contribution in [3.63, 3.8) is 0 Å². The third-order valence-corrected chi connectivity index (χ3v) is 3.08. The molecule has 0 bridgehead atoms. The van der Waals surface area contributed by atoms with Crippen molar-refractivity contribution in [2.24, 2.45) is 0 Å². The van der Waals surface area contributed by atoms with Gasteiger partial charge in [0.2, 0.25) is 6.79 Å². The molecule has 3 rings (SSSR count). The van der Waals surface area contributed by atoms with E-state index < -0.39 is 0 Å². The highest BCUT2D eigenvalue weighted by molar-refractivity contribution is 7.13. The largest absolute Gasteiger partial charge is 0.454 e. The molecule has 2 N–H and O–H groups in total. The quantitative estimate of drug-likeness (QED) is 0.885. The molecule has 1 aliphatic rings. The molecule has 4 nitrogen and oxygen atoms in total. The first-order valence-electron chi connectivity index (χ1n) is 5.10. The van der Waals surface area contributed by atoms with Gasteiger partial charge >= 0.3 is 0 Å². The van der Waals surface area contributed by atoms with Crippen LogP contribution in [0.1, 0.15) is 11.3 Å². The van der Waals surface area contributed by atoms with E-state index in [4.69, 9.17) is 15.2 Å². The van der Waals surface area contributed by atoms with Crippen LogP contribution in [0.15, 0.2) is 23.6 Å². The summed E-state index contributed by atoms with van der Waals surface area (Å²) >= 11 is 1.43. The maximum absolute atomic E-state index is 5.56. The zero-order valence-corrected chi connectivity index (χ0v) is 9.74. The molecule has 0 radical (unpaired) electrons. The molecule has 0 fully saturated rings. The molecule has 2 heterocycles. The van der Waals surface area contributed by atoms with Crippen LogP contribution < -0.4 is 15.2 Å². The van der Waals surface area contributed by atoms with E-state index in [1.54, 1.807) is 0 Å². The van der Waals surface area contributed by atoms with Gasteiger partial charge in [-0.1, -0.05) is 12.1 Å². The highest BCUT2D eigenvalue weighted by atomic mass is 32.1. The fourth-order valence-electron chi connectivity index (χ4n) is 1.58. The molecule has 86 valence electrons. The van der Waals surface area contributed by atoms with Crippen molar-refractivity contribution in [2.45, 2.75) is 0 Å². The molecule has 0 atom stereocenters. The first-order valence-corrected chi connectivity index (χ1v) is 5.98. The summed E-state index contributed by atoms with van der Waals surface area (Å²) in [5.41, 5.74) is 7.47. The number of hydrogen-bond donors (Lipinski definition) is 1. The Morgan fingerprint density at radius 1 is 1.24 bits per heavy atom. The molecule has 0 saturated heterocycles. The van der Waals surface area contributed by atoms with Gasteiger partial charge in [0.1, 0.15) is 0 Å². The van der Waals surface area contributed by atoms with Crippen LogP contribution in [0.4, 0.5) is 5.13 Å². The Bertz CT molecular complexity index is 578. The van der Waals surface area contributed by atoms with Gasteiger partial charge < -0.3 is 15.2 Å². The monoisotopic (exact) mass is 246 g/mol. The predicted octanol–water partition coefficient (Wildman–Crippen LogP) is 2.62. The summed E-state index contributed by atoms with van der Waals surface area (Å²) in [5.74, 6) is 1.57. The van der Waals surface area contributed by atoms with Crippen LogP contribution in [0.5, 0.6) is 11.5 Å². The fraction of sp³-hybridized carbons (Fsp3) is 0.0833. The molecule has 1 aliphatic heterocycles. The van der Waals surface area contributed by atoms with Crippen molar-refractivity contribution in [3.05, 3.63) is 34.8 Å². The number of benzene rings is 1. The smallest absolute Gasteiger partial charge is 0.231 e. The van der Waals surface area contributed by atoms with Crippen LogP contribution in [0.25, 0.3) is 12.2 Å². The summed E-state index contributed by atoms with van der Waals surface area (Å²) in [4.78, 5) is 4.15. The van der Waals surface area contributed by atoms with E-state index in [1.165, 1.54) is 11.3 Å². The number of rotatable bonds is 2. The van der Waals surface area contributed by atoms with Gasteiger partial charge in [0.25, 0.3) is 0 Å². The maximum Gasteiger partial charge on any atom is 0.231 e. The Hall–Kier alpha value is -2.01. The molecule has 5 heteroatoms. The molecule has 2 aromatic rings. The molecule has 1 aromatic carbocycles. The second-order valence-electron chi connectivity index (χ2n) is 3.56. The molecule has 0 unspecified atom stereocenters. The molecule has 0 aliphatic carbocycles.